The van der Waals surface area contributed by atoms with E-state index in [1.807, 2.05) is 0 Å². The Morgan fingerprint density at radius 2 is 1.91 bits per heavy atom. The molecule has 0 spiro atoms. The van der Waals surface area contributed by atoms with Crippen molar-refractivity contribution in [2.24, 2.45) is 29.6 Å². The number of rotatable bonds is 0. The topological polar surface area (TPSA) is 12.5 Å². The van der Waals surface area contributed by atoms with Crippen LogP contribution in [0.5, 0.6) is 0 Å². The molecule has 3 saturated carbocycles. The molecule has 0 N–H and O–H groups in total. The van der Waals surface area contributed by atoms with E-state index in [4.69, 9.17) is 4.74 Å². The Hall–Kier alpha value is -0.0400. The van der Waals surface area contributed by atoms with E-state index in [1.54, 1.807) is 6.42 Å². The highest BCUT2D eigenvalue weighted by atomic mass is 16.6. The normalized spacial score (nSPS) is 75.5. The molecule has 4 rings (SSSR count). The average Bonchev–Trinajstić information content (AvgIpc) is 2.37. The summed E-state index contributed by atoms with van der Waals surface area (Å²) >= 11 is 0. The molecule has 0 amide bonds. The summed E-state index contributed by atoms with van der Waals surface area (Å²) in [4.78, 5) is 0. The largest absolute Gasteiger partial charge is 0.369 e. The van der Waals surface area contributed by atoms with Gasteiger partial charge in [-0.3, -0.25) is 0 Å². The SMILES string of the molecule is CC1CC2CC1C1C3OC3C21. The van der Waals surface area contributed by atoms with Crippen LogP contribution >= 0.6 is 0 Å². The smallest absolute Gasteiger partial charge is 0.0879 e. The van der Waals surface area contributed by atoms with Gasteiger partial charge < -0.3 is 4.74 Å². The third-order valence-corrected chi connectivity index (χ3v) is 4.78. The lowest BCUT2D eigenvalue weighted by Gasteiger charge is -2.38. The second-order valence-electron chi connectivity index (χ2n) is 5.09. The molecule has 7 unspecified atom stereocenters. The van der Waals surface area contributed by atoms with Crippen LogP contribution in [0.1, 0.15) is 19.8 Å². The summed E-state index contributed by atoms with van der Waals surface area (Å²) in [6, 6.07) is 0. The first-order valence-corrected chi connectivity index (χ1v) is 5.02. The van der Waals surface area contributed by atoms with Crippen molar-refractivity contribution in [1.82, 2.24) is 0 Å². The lowest BCUT2D eigenvalue weighted by atomic mass is 9.63. The van der Waals surface area contributed by atoms with Crippen molar-refractivity contribution >= 4 is 0 Å². The number of epoxide rings is 1. The first-order chi connectivity index (χ1) is 5.36. The molecular formula is C10H14O. The molecule has 0 radical (unpaired) electrons. The van der Waals surface area contributed by atoms with Gasteiger partial charge in [0.15, 0.2) is 0 Å². The van der Waals surface area contributed by atoms with Crippen LogP contribution in [0.25, 0.3) is 0 Å². The molecule has 4 aliphatic rings. The first kappa shape index (κ1) is 5.58. The minimum absolute atomic E-state index is 0.748. The Bertz CT molecular complexity index is 225. The second kappa shape index (κ2) is 1.39. The highest BCUT2D eigenvalue weighted by Gasteiger charge is 2.73. The number of fused-ring (bicyclic) bond motifs is 8. The van der Waals surface area contributed by atoms with Crippen LogP contribution in [0, 0.1) is 29.6 Å². The summed E-state index contributed by atoms with van der Waals surface area (Å²) in [7, 11) is 0. The van der Waals surface area contributed by atoms with Gasteiger partial charge in [0, 0.05) is 0 Å². The molecule has 11 heavy (non-hydrogen) atoms. The number of hydrogen-bond acceptors (Lipinski definition) is 1. The van der Waals surface area contributed by atoms with Gasteiger partial charge in [-0.1, -0.05) is 6.92 Å². The summed E-state index contributed by atoms with van der Waals surface area (Å²) in [5, 5.41) is 0. The maximum atomic E-state index is 5.62. The summed E-state index contributed by atoms with van der Waals surface area (Å²) in [6.45, 7) is 2.44. The average molecular weight is 150 g/mol. The van der Waals surface area contributed by atoms with E-state index in [0.717, 1.165) is 41.8 Å². The molecule has 1 aliphatic heterocycles. The maximum Gasteiger partial charge on any atom is 0.0879 e. The third-order valence-electron chi connectivity index (χ3n) is 4.78. The lowest BCUT2D eigenvalue weighted by Crippen LogP contribution is -2.43. The third kappa shape index (κ3) is 0.438. The minimum atomic E-state index is 0.748. The predicted octanol–water partition coefficient (Wildman–Crippen LogP) is 1.68. The summed E-state index contributed by atoms with van der Waals surface area (Å²) in [6.07, 6.45) is 4.56. The molecule has 0 aromatic carbocycles. The molecule has 4 fully saturated rings. The van der Waals surface area contributed by atoms with Crippen LogP contribution in [0.2, 0.25) is 0 Å². The van der Waals surface area contributed by atoms with Crippen molar-refractivity contribution in [2.75, 3.05) is 0 Å². The minimum Gasteiger partial charge on any atom is -0.369 e. The van der Waals surface area contributed by atoms with E-state index in [9.17, 15) is 0 Å². The van der Waals surface area contributed by atoms with Gasteiger partial charge in [0.2, 0.25) is 0 Å². The molecule has 7 atom stereocenters. The monoisotopic (exact) mass is 150 g/mol. The fraction of sp³-hybridized carbons (Fsp3) is 1.00. The van der Waals surface area contributed by atoms with E-state index < -0.39 is 0 Å². The molecule has 1 heteroatoms. The van der Waals surface area contributed by atoms with Gasteiger partial charge >= 0.3 is 0 Å². The molecule has 60 valence electrons. The van der Waals surface area contributed by atoms with Crippen molar-refractivity contribution < 1.29 is 4.74 Å². The van der Waals surface area contributed by atoms with E-state index in [2.05, 4.69) is 6.92 Å². The van der Waals surface area contributed by atoms with Gasteiger partial charge in [0.1, 0.15) is 0 Å². The van der Waals surface area contributed by atoms with Crippen LogP contribution in [-0.4, -0.2) is 12.2 Å². The van der Waals surface area contributed by atoms with Crippen molar-refractivity contribution in [3.8, 4) is 0 Å². The molecule has 1 nitrogen and oxygen atoms in total. The van der Waals surface area contributed by atoms with E-state index >= 15 is 0 Å². The van der Waals surface area contributed by atoms with Gasteiger partial charge in [-0.25, -0.2) is 0 Å². The van der Waals surface area contributed by atoms with Crippen molar-refractivity contribution in [3.63, 3.8) is 0 Å². The Morgan fingerprint density at radius 3 is 2.82 bits per heavy atom. The second-order valence-corrected chi connectivity index (χ2v) is 5.09. The van der Waals surface area contributed by atoms with Crippen LogP contribution in [0.3, 0.4) is 0 Å². The van der Waals surface area contributed by atoms with Crippen molar-refractivity contribution in [1.29, 1.82) is 0 Å². The summed E-state index contributed by atoms with van der Waals surface area (Å²) in [5.74, 6) is 5.21. The number of hydrogen-bond donors (Lipinski definition) is 0. The zero-order valence-corrected chi connectivity index (χ0v) is 6.86. The van der Waals surface area contributed by atoms with E-state index in [-0.39, 0.29) is 0 Å². The standard InChI is InChI=1S/C10H14O/c1-4-2-5-3-6(4)8-7(5)9-10(8)11-9/h4-10H,2-3H2,1H3. The summed E-state index contributed by atoms with van der Waals surface area (Å²) < 4.78 is 5.62. The van der Waals surface area contributed by atoms with Crippen LogP contribution in [-0.2, 0) is 4.74 Å². The van der Waals surface area contributed by atoms with E-state index in [1.165, 1.54) is 6.42 Å². The van der Waals surface area contributed by atoms with Crippen molar-refractivity contribution in [3.05, 3.63) is 0 Å². The molecule has 0 aromatic heterocycles. The van der Waals surface area contributed by atoms with Gasteiger partial charge in [-0.2, -0.15) is 0 Å². The van der Waals surface area contributed by atoms with Crippen LogP contribution < -0.4 is 0 Å². The van der Waals surface area contributed by atoms with Crippen LogP contribution in [0.4, 0.5) is 0 Å². The molecule has 2 bridgehead atoms. The van der Waals surface area contributed by atoms with E-state index in [0.29, 0.717) is 0 Å². The zero-order chi connectivity index (χ0) is 7.16. The Labute approximate surface area is 67.1 Å². The Balaban J connectivity index is 1.76. The lowest BCUT2D eigenvalue weighted by molar-refractivity contribution is 0.115. The van der Waals surface area contributed by atoms with Crippen molar-refractivity contribution in [2.45, 2.75) is 32.0 Å². The van der Waals surface area contributed by atoms with Gasteiger partial charge in [0.05, 0.1) is 12.2 Å². The van der Waals surface area contributed by atoms with Gasteiger partial charge in [0.25, 0.3) is 0 Å². The molecular weight excluding hydrogens is 136 g/mol. The fourth-order valence-corrected chi connectivity index (χ4v) is 4.34. The molecule has 0 aromatic rings. The predicted molar refractivity (Wildman–Crippen MR) is 41.0 cm³/mol. The molecule has 1 heterocycles. The number of ether oxygens (including phenoxy) is 1. The van der Waals surface area contributed by atoms with Gasteiger partial charge in [-0.15, -0.1) is 0 Å². The van der Waals surface area contributed by atoms with Crippen LogP contribution in [0.15, 0.2) is 0 Å². The molecule has 1 saturated heterocycles. The zero-order valence-electron chi connectivity index (χ0n) is 6.86. The Kier molecular flexibility index (Phi) is 0.706. The molecule has 3 aliphatic carbocycles. The van der Waals surface area contributed by atoms with Gasteiger partial charge in [-0.05, 0) is 42.4 Å². The quantitative estimate of drug-likeness (QED) is 0.479. The fourth-order valence-electron chi connectivity index (χ4n) is 4.34. The highest BCUT2D eigenvalue weighted by Crippen LogP contribution is 2.70. The summed E-state index contributed by atoms with van der Waals surface area (Å²) in [5.41, 5.74) is 0. The Morgan fingerprint density at radius 1 is 1.09 bits per heavy atom. The first-order valence-electron chi connectivity index (χ1n) is 5.02. The highest BCUT2D eigenvalue weighted by molar-refractivity contribution is 5.20. The maximum absolute atomic E-state index is 5.62.